The Bertz CT molecular complexity index is 1240. The molecule has 168 valence electrons. The number of anilines is 1. The molecule has 6 heteroatoms. The number of nitrogens with one attached hydrogen (secondary N) is 1. The molecule has 5 rings (SSSR count). The Morgan fingerprint density at radius 2 is 1.76 bits per heavy atom. The van der Waals surface area contributed by atoms with Crippen LogP contribution in [0.5, 0.6) is 0 Å². The quantitative estimate of drug-likeness (QED) is 0.505. The number of rotatable bonds is 5. The Kier molecular flexibility index (Phi) is 5.84. The van der Waals surface area contributed by atoms with Crippen molar-refractivity contribution in [2.75, 3.05) is 45.2 Å². The smallest absolute Gasteiger partial charge is 0.254 e. The van der Waals surface area contributed by atoms with E-state index >= 15 is 0 Å². The lowest BCUT2D eigenvalue weighted by atomic mass is 10.1. The SMILES string of the molecule is CN(C)Cc1ccc(N2CCN(C(=O)c3ccc4cc(-c5ccccc5)[nH]c4c3)CC2)nc1. The van der Waals surface area contributed by atoms with Gasteiger partial charge >= 0.3 is 0 Å². The van der Waals surface area contributed by atoms with Crippen molar-refractivity contribution >= 4 is 22.6 Å². The van der Waals surface area contributed by atoms with Gasteiger partial charge in [-0.05, 0) is 49.5 Å². The number of nitrogens with zero attached hydrogens (tertiary/aromatic N) is 4. The number of carbonyl (C=O) groups is 1. The predicted molar refractivity (Wildman–Crippen MR) is 133 cm³/mol. The van der Waals surface area contributed by atoms with Gasteiger partial charge in [0.2, 0.25) is 0 Å². The number of aromatic nitrogens is 2. The summed E-state index contributed by atoms with van der Waals surface area (Å²) in [6, 6.07) is 22.5. The highest BCUT2D eigenvalue weighted by atomic mass is 16.2. The van der Waals surface area contributed by atoms with Crippen molar-refractivity contribution in [1.82, 2.24) is 19.8 Å². The zero-order valence-electron chi connectivity index (χ0n) is 19.2. The number of amides is 1. The number of fused-ring (bicyclic) bond motifs is 1. The van der Waals surface area contributed by atoms with Gasteiger partial charge in [0.15, 0.2) is 0 Å². The van der Waals surface area contributed by atoms with Crippen LogP contribution in [0.15, 0.2) is 72.9 Å². The standard InChI is InChI=1S/C27H29N5O/c1-30(2)19-20-8-11-26(28-18-20)31-12-14-32(15-13-31)27(33)23-10-9-22-16-24(29-25(22)17-23)21-6-4-3-5-7-21/h3-11,16-18,29H,12-15,19H2,1-2H3. The lowest BCUT2D eigenvalue weighted by molar-refractivity contribution is 0.0746. The summed E-state index contributed by atoms with van der Waals surface area (Å²) in [7, 11) is 4.11. The van der Waals surface area contributed by atoms with Gasteiger partial charge in [0.1, 0.15) is 5.82 Å². The molecule has 4 aromatic rings. The largest absolute Gasteiger partial charge is 0.355 e. The lowest BCUT2D eigenvalue weighted by Gasteiger charge is -2.35. The molecule has 1 N–H and O–H groups in total. The summed E-state index contributed by atoms with van der Waals surface area (Å²) in [6.45, 7) is 3.84. The Morgan fingerprint density at radius 1 is 0.970 bits per heavy atom. The summed E-state index contributed by atoms with van der Waals surface area (Å²) in [6.07, 6.45) is 1.95. The van der Waals surface area contributed by atoms with Crippen molar-refractivity contribution in [1.29, 1.82) is 0 Å². The highest BCUT2D eigenvalue weighted by Gasteiger charge is 2.23. The average Bonchev–Trinajstić information content (AvgIpc) is 3.28. The van der Waals surface area contributed by atoms with Gasteiger partial charge in [0.05, 0.1) is 0 Å². The Balaban J connectivity index is 1.25. The van der Waals surface area contributed by atoms with Gasteiger partial charge in [0.25, 0.3) is 5.91 Å². The second-order valence-corrected chi connectivity index (χ2v) is 8.89. The maximum Gasteiger partial charge on any atom is 0.254 e. The fourth-order valence-corrected chi connectivity index (χ4v) is 4.42. The highest BCUT2D eigenvalue weighted by molar-refractivity contribution is 5.99. The molecule has 0 aliphatic carbocycles. The molecule has 3 heterocycles. The van der Waals surface area contributed by atoms with Crippen LogP contribution in [0.2, 0.25) is 0 Å². The van der Waals surface area contributed by atoms with E-state index in [4.69, 9.17) is 0 Å². The Labute approximate surface area is 194 Å². The molecule has 0 unspecified atom stereocenters. The summed E-state index contributed by atoms with van der Waals surface area (Å²) in [5, 5.41) is 1.11. The maximum atomic E-state index is 13.2. The fraction of sp³-hybridized carbons (Fsp3) is 0.259. The molecule has 1 aliphatic heterocycles. The molecule has 0 spiro atoms. The summed E-state index contributed by atoms with van der Waals surface area (Å²) >= 11 is 0. The van der Waals surface area contributed by atoms with Crippen molar-refractivity contribution in [3.63, 3.8) is 0 Å². The zero-order valence-corrected chi connectivity index (χ0v) is 19.2. The monoisotopic (exact) mass is 439 g/mol. The molecular weight excluding hydrogens is 410 g/mol. The van der Waals surface area contributed by atoms with Crippen LogP contribution in [0.1, 0.15) is 15.9 Å². The molecule has 0 atom stereocenters. The highest BCUT2D eigenvalue weighted by Crippen LogP contribution is 2.25. The third kappa shape index (κ3) is 4.61. The van der Waals surface area contributed by atoms with Crippen LogP contribution in [0.4, 0.5) is 5.82 Å². The first-order valence-electron chi connectivity index (χ1n) is 11.4. The van der Waals surface area contributed by atoms with Crippen LogP contribution in [-0.2, 0) is 6.54 Å². The number of H-pyrrole nitrogens is 1. The van der Waals surface area contributed by atoms with Gasteiger partial charge in [-0.2, -0.15) is 0 Å². The van der Waals surface area contributed by atoms with Crippen LogP contribution in [0, 0.1) is 0 Å². The maximum absolute atomic E-state index is 13.2. The summed E-state index contributed by atoms with van der Waals surface area (Å²) in [5.41, 5.74) is 5.12. The van der Waals surface area contributed by atoms with E-state index < -0.39 is 0 Å². The van der Waals surface area contributed by atoms with Gasteiger partial charge in [0, 0.05) is 61.1 Å². The number of pyridine rings is 1. The molecule has 0 saturated carbocycles. The van der Waals surface area contributed by atoms with Crippen molar-refractivity contribution in [3.05, 3.63) is 84.1 Å². The first kappa shape index (κ1) is 21.2. The third-order valence-corrected chi connectivity index (χ3v) is 6.15. The topological polar surface area (TPSA) is 55.5 Å². The van der Waals surface area contributed by atoms with Gasteiger partial charge in [-0.15, -0.1) is 0 Å². The van der Waals surface area contributed by atoms with E-state index in [-0.39, 0.29) is 5.91 Å². The minimum absolute atomic E-state index is 0.0849. The summed E-state index contributed by atoms with van der Waals surface area (Å²) < 4.78 is 0. The van der Waals surface area contributed by atoms with E-state index in [1.54, 1.807) is 0 Å². The van der Waals surface area contributed by atoms with Gasteiger partial charge in [-0.3, -0.25) is 4.79 Å². The van der Waals surface area contributed by atoms with Crippen LogP contribution >= 0.6 is 0 Å². The molecule has 0 bridgehead atoms. The second kappa shape index (κ2) is 9.08. The average molecular weight is 440 g/mol. The van der Waals surface area contributed by atoms with Gasteiger partial charge < -0.3 is 19.7 Å². The normalized spacial score (nSPS) is 14.3. The number of aromatic amines is 1. The van der Waals surface area contributed by atoms with Crippen LogP contribution < -0.4 is 4.90 Å². The Hall–Kier alpha value is -3.64. The molecular formula is C27H29N5O. The van der Waals surface area contributed by atoms with Crippen LogP contribution in [0.25, 0.3) is 22.2 Å². The number of piperazine rings is 1. The number of hydrogen-bond acceptors (Lipinski definition) is 4. The zero-order chi connectivity index (χ0) is 22.8. The molecule has 1 aliphatic rings. The number of carbonyl (C=O) groups excluding carboxylic acids is 1. The molecule has 1 saturated heterocycles. The lowest BCUT2D eigenvalue weighted by Crippen LogP contribution is -2.49. The van der Waals surface area contributed by atoms with E-state index in [0.717, 1.165) is 53.2 Å². The van der Waals surface area contributed by atoms with Crippen molar-refractivity contribution in [3.8, 4) is 11.3 Å². The molecule has 33 heavy (non-hydrogen) atoms. The van der Waals surface area contributed by atoms with Crippen molar-refractivity contribution < 1.29 is 4.79 Å². The number of benzene rings is 2. The van der Waals surface area contributed by atoms with Crippen molar-refractivity contribution in [2.24, 2.45) is 0 Å². The fourth-order valence-electron chi connectivity index (χ4n) is 4.42. The third-order valence-electron chi connectivity index (χ3n) is 6.15. The predicted octanol–water partition coefficient (Wildman–Crippen LogP) is 4.25. The molecule has 0 radical (unpaired) electrons. The van der Waals surface area contributed by atoms with E-state index in [1.165, 1.54) is 5.56 Å². The number of hydrogen-bond donors (Lipinski definition) is 1. The molecule has 1 fully saturated rings. The molecule has 2 aromatic heterocycles. The van der Waals surface area contributed by atoms with Crippen LogP contribution in [0.3, 0.4) is 0 Å². The molecule has 2 aromatic carbocycles. The van der Waals surface area contributed by atoms with E-state index in [1.807, 2.05) is 47.5 Å². The first-order chi connectivity index (χ1) is 16.1. The summed E-state index contributed by atoms with van der Waals surface area (Å²) in [5.74, 6) is 1.06. The second-order valence-electron chi connectivity index (χ2n) is 8.89. The van der Waals surface area contributed by atoms with Gasteiger partial charge in [-0.25, -0.2) is 4.98 Å². The molecule has 6 nitrogen and oxygen atoms in total. The summed E-state index contributed by atoms with van der Waals surface area (Å²) in [4.78, 5) is 27.6. The minimum Gasteiger partial charge on any atom is -0.355 e. The Morgan fingerprint density at radius 3 is 2.45 bits per heavy atom. The minimum atomic E-state index is 0.0849. The van der Waals surface area contributed by atoms with Gasteiger partial charge in [-0.1, -0.05) is 42.5 Å². The first-order valence-corrected chi connectivity index (χ1v) is 11.4. The van der Waals surface area contributed by atoms with Crippen molar-refractivity contribution in [2.45, 2.75) is 6.54 Å². The van der Waals surface area contributed by atoms with E-state index in [0.29, 0.717) is 13.1 Å². The van der Waals surface area contributed by atoms with Crippen LogP contribution in [-0.4, -0.2) is 65.9 Å². The van der Waals surface area contributed by atoms with E-state index in [2.05, 4.69) is 64.2 Å². The molecule has 1 amide bonds. The van der Waals surface area contributed by atoms with E-state index in [9.17, 15) is 4.79 Å².